The molecule has 0 aromatic rings. The van der Waals surface area contributed by atoms with Crippen molar-refractivity contribution >= 4 is 17.7 Å². The van der Waals surface area contributed by atoms with Crippen molar-refractivity contribution in [3.05, 3.63) is 10.6 Å². The number of allylic oxidation sites excluding steroid dienone is 1. The monoisotopic (exact) mass is 242 g/mol. The number of carbonyl (C=O) groups is 1. The third-order valence-corrected chi connectivity index (χ3v) is 4.59. The summed E-state index contributed by atoms with van der Waals surface area (Å²) >= 11 is 1.73. The van der Waals surface area contributed by atoms with Gasteiger partial charge in [-0.25, -0.2) is 0 Å². The van der Waals surface area contributed by atoms with E-state index < -0.39 is 6.10 Å². The van der Waals surface area contributed by atoms with Crippen LogP contribution in [0, 0.1) is 5.92 Å². The number of β-lactam (4-membered cyclic amide) rings is 1. The summed E-state index contributed by atoms with van der Waals surface area (Å²) in [6.07, 6.45) is 0.345. The van der Waals surface area contributed by atoms with Crippen LogP contribution in [-0.4, -0.2) is 40.4 Å². The fourth-order valence-corrected chi connectivity index (χ4v) is 3.50. The number of nitrogens with zero attached hydrogens (tertiary/aromatic N) is 1. The van der Waals surface area contributed by atoms with E-state index in [4.69, 9.17) is 5.73 Å². The summed E-state index contributed by atoms with van der Waals surface area (Å²) < 4.78 is 0. The van der Waals surface area contributed by atoms with Crippen LogP contribution in [0.25, 0.3) is 0 Å². The molecular formula is C11H18N2O2S. The smallest absolute Gasteiger partial charge is 0.234 e. The lowest BCUT2D eigenvalue weighted by Gasteiger charge is -2.45. The van der Waals surface area contributed by atoms with E-state index in [0.29, 0.717) is 6.54 Å². The average molecular weight is 242 g/mol. The average Bonchev–Trinajstić information content (AvgIpc) is 2.47. The first-order chi connectivity index (χ1) is 7.57. The van der Waals surface area contributed by atoms with Crippen LogP contribution >= 0.6 is 11.8 Å². The number of aliphatic hydroxyl groups is 1. The minimum atomic E-state index is -0.541. The van der Waals surface area contributed by atoms with Gasteiger partial charge in [-0.15, -0.1) is 11.8 Å². The molecule has 1 fully saturated rings. The number of nitrogens with two attached hydrogens (primary N) is 1. The van der Waals surface area contributed by atoms with Crippen molar-refractivity contribution in [2.75, 3.05) is 12.3 Å². The molecule has 5 heteroatoms. The summed E-state index contributed by atoms with van der Waals surface area (Å²) in [5, 5.41) is 9.55. The second-order valence-corrected chi connectivity index (χ2v) is 5.58. The van der Waals surface area contributed by atoms with Gasteiger partial charge in [-0.1, -0.05) is 0 Å². The van der Waals surface area contributed by atoms with Gasteiger partial charge in [0.05, 0.1) is 18.1 Å². The van der Waals surface area contributed by atoms with E-state index in [0.717, 1.165) is 17.9 Å². The molecule has 0 saturated carbocycles. The fourth-order valence-electron chi connectivity index (χ4n) is 2.54. The lowest BCUT2D eigenvalue weighted by molar-refractivity contribution is -0.157. The number of hydrogen-bond donors (Lipinski definition) is 2. The number of amides is 1. The van der Waals surface area contributed by atoms with Crippen molar-refractivity contribution in [3.63, 3.8) is 0 Å². The molecule has 0 aromatic carbocycles. The first-order valence-corrected chi connectivity index (χ1v) is 6.60. The van der Waals surface area contributed by atoms with Crippen molar-refractivity contribution in [3.8, 4) is 0 Å². The van der Waals surface area contributed by atoms with Gasteiger partial charge in [-0.2, -0.15) is 0 Å². The molecule has 0 spiro atoms. The highest BCUT2D eigenvalue weighted by Gasteiger charge is 2.53. The Hall–Kier alpha value is -0.520. The van der Waals surface area contributed by atoms with Crippen LogP contribution in [0.1, 0.15) is 20.3 Å². The summed E-state index contributed by atoms with van der Waals surface area (Å²) in [5.41, 5.74) is 6.54. The van der Waals surface area contributed by atoms with Crippen LogP contribution in [0.15, 0.2) is 10.6 Å². The molecule has 2 aliphatic rings. The molecule has 0 radical (unpaired) electrons. The Labute approximate surface area is 99.9 Å². The number of thioether (sulfide) groups is 1. The van der Waals surface area contributed by atoms with Gasteiger partial charge < -0.3 is 15.7 Å². The van der Waals surface area contributed by atoms with Gasteiger partial charge in [0.15, 0.2) is 0 Å². The standard InChI is InChI=1S/C11H18N2O2S/c1-6-9(16-4-3-12)5-8-10(7(2)14)11(15)13(6)8/h7-8,10,14H,3-5,12H2,1-2H3. The number of rotatable bonds is 4. The first kappa shape index (κ1) is 12.0. The Balaban J connectivity index is 2.06. The van der Waals surface area contributed by atoms with Gasteiger partial charge in [0, 0.05) is 29.3 Å². The molecule has 1 amide bonds. The van der Waals surface area contributed by atoms with E-state index in [-0.39, 0.29) is 17.9 Å². The molecule has 0 aromatic heterocycles. The fraction of sp³-hybridized carbons (Fsp3) is 0.727. The van der Waals surface area contributed by atoms with Crippen LogP contribution < -0.4 is 5.73 Å². The van der Waals surface area contributed by atoms with E-state index in [2.05, 4.69) is 0 Å². The van der Waals surface area contributed by atoms with Gasteiger partial charge in [-0.05, 0) is 13.8 Å². The minimum absolute atomic E-state index is 0.0702. The molecule has 0 aliphatic carbocycles. The van der Waals surface area contributed by atoms with Gasteiger partial charge in [0.2, 0.25) is 5.91 Å². The molecule has 4 nitrogen and oxygen atoms in total. The maximum Gasteiger partial charge on any atom is 0.234 e. The molecule has 1 saturated heterocycles. The number of aliphatic hydroxyl groups excluding tert-OH is 1. The lowest BCUT2D eigenvalue weighted by atomic mass is 9.83. The van der Waals surface area contributed by atoms with Crippen LogP contribution in [0.2, 0.25) is 0 Å². The second-order valence-electron chi connectivity index (χ2n) is 4.39. The molecule has 3 atom stereocenters. The van der Waals surface area contributed by atoms with Crippen LogP contribution in [0.3, 0.4) is 0 Å². The second kappa shape index (κ2) is 4.39. The molecule has 0 bridgehead atoms. The molecule has 16 heavy (non-hydrogen) atoms. The third kappa shape index (κ3) is 1.67. The van der Waals surface area contributed by atoms with Crippen molar-refractivity contribution in [1.82, 2.24) is 4.90 Å². The summed E-state index contributed by atoms with van der Waals surface area (Å²) in [7, 11) is 0. The predicted octanol–water partition coefficient (Wildman–Crippen LogP) is 0.521. The van der Waals surface area contributed by atoms with Gasteiger partial charge in [0.1, 0.15) is 0 Å². The van der Waals surface area contributed by atoms with Crippen molar-refractivity contribution in [2.24, 2.45) is 11.7 Å². The zero-order chi connectivity index (χ0) is 11.9. The van der Waals surface area contributed by atoms with Gasteiger partial charge in [0.25, 0.3) is 0 Å². The Morgan fingerprint density at radius 1 is 1.69 bits per heavy atom. The van der Waals surface area contributed by atoms with E-state index in [9.17, 15) is 9.90 Å². The van der Waals surface area contributed by atoms with Crippen LogP contribution in [0.4, 0.5) is 0 Å². The summed E-state index contributed by atoms with van der Waals surface area (Å²) in [6.45, 7) is 4.33. The highest BCUT2D eigenvalue weighted by molar-refractivity contribution is 8.03. The largest absolute Gasteiger partial charge is 0.393 e. The third-order valence-electron chi connectivity index (χ3n) is 3.34. The molecule has 2 rings (SSSR count). The minimum Gasteiger partial charge on any atom is -0.393 e. The molecule has 90 valence electrons. The molecule has 2 heterocycles. The Bertz CT molecular complexity index is 341. The molecule has 3 N–H and O–H groups in total. The molecule has 3 unspecified atom stereocenters. The Kier molecular flexibility index (Phi) is 3.28. The van der Waals surface area contributed by atoms with Gasteiger partial charge in [-0.3, -0.25) is 4.79 Å². The van der Waals surface area contributed by atoms with E-state index >= 15 is 0 Å². The Morgan fingerprint density at radius 2 is 2.38 bits per heavy atom. The summed E-state index contributed by atoms with van der Waals surface area (Å²) in [6, 6.07) is 0.188. The van der Waals surface area contributed by atoms with E-state index in [1.807, 2.05) is 11.8 Å². The highest BCUT2D eigenvalue weighted by Crippen LogP contribution is 2.46. The SMILES string of the molecule is CC1=C(SCCN)CC2C(C(C)O)C(=O)N12. The normalized spacial score (nSPS) is 30.5. The quantitative estimate of drug-likeness (QED) is 0.705. The van der Waals surface area contributed by atoms with E-state index in [1.165, 1.54) is 4.91 Å². The maximum atomic E-state index is 11.8. The number of fused-ring (bicyclic) bond motifs is 1. The summed E-state index contributed by atoms with van der Waals surface area (Å²) in [4.78, 5) is 14.9. The summed E-state index contributed by atoms with van der Waals surface area (Å²) in [5.74, 6) is 0.757. The molecule has 2 aliphatic heterocycles. The predicted molar refractivity (Wildman–Crippen MR) is 64.6 cm³/mol. The number of hydrogen-bond acceptors (Lipinski definition) is 4. The Morgan fingerprint density at radius 3 is 2.94 bits per heavy atom. The lowest BCUT2D eigenvalue weighted by Crippen LogP contribution is -2.60. The van der Waals surface area contributed by atoms with E-state index in [1.54, 1.807) is 18.7 Å². The van der Waals surface area contributed by atoms with Crippen molar-refractivity contribution in [1.29, 1.82) is 0 Å². The zero-order valence-corrected chi connectivity index (χ0v) is 10.5. The van der Waals surface area contributed by atoms with Crippen molar-refractivity contribution in [2.45, 2.75) is 32.4 Å². The first-order valence-electron chi connectivity index (χ1n) is 5.61. The molecular weight excluding hydrogens is 224 g/mol. The maximum absolute atomic E-state index is 11.8. The van der Waals surface area contributed by atoms with Gasteiger partial charge >= 0.3 is 0 Å². The van der Waals surface area contributed by atoms with Crippen LogP contribution in [0.5, 0.6) is 0 Å². The highest BCUT2D eigenvalue weighted by atomic mass is 32.2. The van der Waals surface area contributed by atoms with Crippen molar-refractivity contribution < 1.29 is 9.90 Å². The number of carbonyl (C=O) groups excluding carboxylic acids is 1. The van der Waals surface area contributed by atoms with Crippen LogP contribution in [-0.2, 0) is 4.79 Å². The zero-order valence-electron chi connectivity index (χ0n) is 9.64. The topological polar surface area (TPSA) is 66.6 Å².